The van der Waals surface area contributed by atoms with Crippen LogP contribution in [-0.4, -0.2) is 47.7 Å². The number of aromatic nitrogens is 3. The molecule has 0 radical (unpaired) electrons. The molecule has 0 aliphatic carbocycles. The number of pyridine rings is 1. The number of hydrogen-bond donors (Lipinski definition) is 1. The van der Waals surface area contributed by atoms with Crippen LogP contribution < -0.4 is 10.2 Å². The molecule has 2 aromatic heterocycles. The summed E-state index contributed by atoms with van der Waals surface area (Å²) in [6.45, 7) is 0.836. The maximum atomic E-state index is 6.16. The van der Waals surface area contributed by atoms with Crippen molar-refractivity contribution < 1.29 is 4.74 Å². The summed E-state index contributed by atoms with van der Waals surface area (Å²) < 4.78 is 7.13. The van der Waals surface area contributed by atoms with Crippen LogP contribution in [0.15, 0.2) is 53.1 Å². The van der Waals surface area contributed by atoms with E-state index in [1.54, 1.807) is 35.5 Å². The van der Waals surface area contributed by atoms with Gasteiger partial charge >= 0.3 is 0 Å². The third-order valence-electron chi connectivity index (χ3n) is 4.30. The number of anilines is 1. The Balaban J connectivity index is 1.31. The van der Waals surface area contributed by atoms with Crippen LogP contribution in [0.25, 0.3) is 10.6 Å². The van der Waals surface area contributed by atoms with Crippen LogP contribution in [0.5, 0.6) is 0 Å². The Morgan fingerprint density at radius 2 is 1.93 bits per heavy atom. The average Bonchev–Trinajstić information content (AvgIpc) is 3.37. The lowest BCUT2D eigenvalue weighted by Crippen LogP contribution is -2.16. The van der Waals surface area contributed by atoms with E-state index in [-0.39, 0.29) is 12.3 Å². The van der Waals surface area contributed by atoms with Crippen LogP contribution in [0.1, 0.15) is 11.8 Å². The number of rotatable bonds is 6. The van der Waals surface area contributed by atoms with E-state index in [0.717, 1.165) is 32.8 Å². The van der Waals surface area contributed by atoms with Crippen LogP contribution in [0, 0.1) is 0 Å². The quantitative estimate of drug-likeness (QED) is 0.637. The van der Waals surface area contributed by atoms with Crippen LogP contribution in [0.3, 0.4) is 0 Å². The maximum Gasteiger partial charge on any atom is 0.174 e. The van der Waals surface area contributed by atoms with E-state index in [2.05, 4.69) is 49.7 Å². The highest BCUT2D eigenvalue weighted by atomic mass is 32.2. The standard InChI is InChI=1S/C19H21N5OS2/c1-24(2)15-5-3-13(4-6-15)17-21-11-16(25-17)12-26-19-23-22-18(27-19)14-7-9-20-10-8-14/h3-10,16-17,21H,11-12H2,1-2H3/t16-,17-/m1/s1. The van der Waals surface area contributed by atoms with Crippen molar-refractivity contribution in [2.75, 3.05) is 31.3 Å². The third kappa shape index (κ3) is 4.47. The number of hydrogen-bond acceptors (Lipinski definition) is 8. The highest BCUT2D eigenvalue weighted by molar-refractivity contribution is 8.01. The normalized spacial score (nSPS) is 19.3. The summed E-state index contributed by atoms with van der Waals surface area (Å²) in [5.74, 6) is 0.851. The van der Waals surface area contributed by atoms with Gasteiger partial charge in [-0.15, -0.1) is 10.2 Å². The minimum Gasteiger partial charge on any atom is -0.378 e. The van der Waals surface area contributed by atoms with Gasteiger partial charge in [0.05, 0.1) is 6.10 Å². The number of ether oxygens (including phenoxy) is 1. The molecule has 1 saturated heterocycles. The van der Waals surface area contributed by atoms with Gasteiger partial charge in [-0.25, -0.2) is 0 Å². The molecular formula is C19H21N5OS2. The van der Waals surface area contributed by atoms with Gasteiger partial charge in [0.1, 0.15) is 11.2 Å². The summed E-state index contributed by atoms with van der Waals surface area (Å²) in [5, 5.41) is 12.9. The molecule has 3 heterocycles. The molecule has 8 heteroatoms. The average molecular weight is 400 g/mol. The monoisotopic (exact) mass is 399 g/mol. The summed E-state index contributed by atoms with van der Waals surface area (Å²) in [5.41, 5.74) is 3.39. The Morgan fingerprint density at radius 1 is 1.15 bits per heavy atom. The fourth-order valence-electron chi connectivity index (χ4n) is 2.81. The topological polar surface area (TPSA) is 63.2 Å². The number of benzene rings is 1. The largest absolute Gasteiger partial charge is 0.378 e. The molecule has 1 aromatic carbocycles. The van der Waals surface area contributed by atoms with Crippen LogP contribution in [-0.2, 0) is 4.74 Å². The molecule has 2 atom stereocenters. The molecule has 140 valence electrons. The third-order valence-corrected chi connectivity index (χ3v) is 6.54. The first-order chi connectivity index (χ1) is 13.2. The summed E-state index contributed by atoms with van der Waals surface area (Å²) in [6, 6.07) is 12.4. The Hall–Kier alpha value is -2.00. The highest BCUT2D eigenvalue weighted by Crippen LogP contribution is 2.31. The number of thioether (sulfide) groups is 1. The number of nitrogens with zero attached hydrogens (tertiary/aromatic N) is 4. The van der Waals surface area contributed by atoms with Crippen LogP contribution in [0.2, 0.25) is 0 Å². The Labute approximate surface area is 167 Å². The molecule has 0 spiro atoms. The van der Waals surface area contributed by atoms with Gasteiger partial charge in [0.15, 0.2) is 4.34 Å². The SMILES string of the molecule is CN(C)c1ccc([C@@H]2NC[C@H](CSc3nnc(-c4ccncc4)s3)O2)cc1. The zero-order valence-corrected chi connectivity index (χ0v) is 16.8. The van der Waals surface area contributed by atoms with Crippen molar-refractivity contribution in [2.45, 2.75) is 16.7 Å². The molecule has 1 aliphatic rings. The van der Waals surface area contributed by atoms with Gasteiger partial charge in [-0.05, 0) is 29.8 Å². The first kappa shape index (κ1) is 18.4. The van der Waals surface area contributed by atoms with E-state index in [4.69, 9.17) is 4.74 Å². The molecule has 0 unspecified atom stereocenters. The van der Waals surface area contributed by atoms with E-state index in [0.29, 0.717) is 0 Å². The van der Waals surface area contributed by atoms with E-state index < -0.39 is 0 Å². The second-order valence-corrected chi connectivity index (χ2v) is 8.70. The van der Waals surface area contributed by atoms with Gasteiger partial charge < -0.3 is 9.64 Å². The lowest BCUT2D eigenvalue weighted by Gasteiger charge is -2.16. The maximum absolute atomic E-state index is 6.16. The van der Waals surface area contributed by atoms with E-state index in [1.807, 2.05) is 26.2 Å². The zero-order chi connectivity index (χ0) is 18.6. The molecule has 1 aliphatic heterocycles. The first-order valence-corrected chi connectivity index (χ1v) is 10.5. The molecule has 27 heavy (non-hydrogen) atoms. The molecule has 3 aromatic rings. The van der Waals surface area contributed by atoms with Crippen LogP contribution in [0.4, 0.5) is 5.69 Å². The summed E-state index contributed by atoms with van der Waals surface area (Å²) >= 11 is 3.30. The minimum absolute atomic E-state index is 0.0476. The summed E-state index contributed by atoms with van der Waals surface area (Å²) in [4.78, 5) is 6.13. The van der Waals surface area contributed by atoms with Crippen molar-refractivity contribution in [3.8, 4) is 10.6 Å². The van der Waals surface area contributed by atoms with Crippen LogP contribution >= 0.6 is 23.1 Å². The predicted octanol–water partition coefficient (Wildman–Crippen LogP) is 3.45. The van der Waals surface area contributed by atoms with E-state index >= 15 is 0 Å². The Morgan fingerprint density at radius 3 is 2.67 bits per heavy atom. The highest BCUT2D eigenvalue weighted by Gasteiger charge is 2.26. The van der Waals surface area contributed by atoms with Crippen molar-refractivity contribution in [1.29, 1.82) is 0 Å². The molecule has 0 amide bonds. The predicted molar refractivity (Wildman–Crippen MR) is 110 cm³/mol. The first-order valence-electron chi connectivity index (χ1n) is 8.72. The van der Waals surface area contributed by atoms with Crippen molar-refractivity contribution in [3.63, 3.8) is 0 Å². The minimum atomic E-state index is -0.0476. The van der Waals surface area contributed by atoms with Crippen molar-refractivity contribution in [1.82, 2.24) is 20.5 Å². The Kier molecular flexibility index (Phi) is 5.68. The molecule has 0 bridgehead atoms. The van der Waals surface area contributed by atoms with Crippen molar-refractivity contribution in [2.24, 2.45) is 0 Å². The second-order valence-electron chi connectivity index (χ2n) is 6.45. The molecule has 0 saturated carbocycles. The molecule has 4 rings (SSSR count). The van der Waals surface area contributed by atoms with Crippen molar-refractivity contribution >= 4 is 28.8 Å². The van der Waals surface area contributed by atoms with E-state index in [9.17, 15) is 0 Å². The number of nitrogens with one attached hydrogen (secondary N) is 1. The van der Waals surface area contributed by atoms with Gasteiger partial charge in [-0.1, -0.05) is 35.2 Å². The molecule has 1 N–H and O–H groups in total. The lowest BCUT2D eigenvalue weighted by atomic mass is 10.2. The zero-order valence-electron chi connectivity index (χ0n) is 15.2. The van der Waals surface area contributed by atoms with Gasteiger partial charge in [-0.2, -0.15) is 0 Å². The van der Waals surface area contributed by atoms with Gasteiger partial charge in [0, 0.05) is 50.0 Å². The summed E-state index contributed by atoms with van der Waals surface area (Å²) in [6.07, 6.45) is 3.65. The Bertz CT molecular complexity index is 869. The second kappa shape index (κ2) is 8.35. The van der Waals surface area contributed by atoms with Gasteiger partial charge in [0.25, 0.3) is 0 Å². The lowest BCUT2D eigenvalue weighted by molar-refractivity contribution is 0.0535. The fourth-order valence-corrected chi connectivity index (χ4v) is 4.70. The smallest absolute Gasteiger partial charge is 0.174 e. The van der Waals surface area contributed by atoms with Crippen molar-refractivity contribution in [3.05, 3.63) is 54.4 Å². The molecular weight excluding hydrogens is 378 g/mol. The molecule has 6 nitrogen and oxygen atoms in total. The van der Waals surface area contributed by atoms with Gasteiger partial charge in [0.2, 0.25) is 0 Å². The summed E-state index contributed by atoms with van der Waals surface area (Å²) in [7, 11) is 4.08. The van der Waals surface area contributed by atoms with E-state index in [1.165, 1.54) is 5.69 Å². The van der Waals surface area contributed by atoms with Gasteiger partial charge in [-0.3, -0.25) is 10.3 Å². The fraction of sp³-hybridized carbons (Fsp3) is 0.316. The molecule has 1 fully saturated rings.